The van der Waals surface area contributed by atoms with Gasteiger partial charge in [0, 0.05) is 47.6 Å². The monoisotopic (exact) mass is 594 g/mol. The molecule has 3 aromatic rings. The quantitative estimate of drug-likeness (QED) is 0.371. The number of nitrogens with one attached hydrogen (secondary N) is 2. The van der Waals surface area contributed by atoms with Gasteiger partial charge in [-0.15, -0.1) is 0 Å². The minimum atomic E-state index is -4.59. The van der Waals surface area contributed by atoms with E-state index in [1.54, 1.807) is 57.0 Å². The summed E-state index contributed by atoms with van der Waals surface area (Å²) in [5, 5.41) is 10.7. The van der Waals surface area contributed by atoms with Gasteiger partial charge in [-0.25, -0.2) is 9.78 Å². The van der Waals surface area contributed by atoms with Crippen molar-refractivity contribution in [1.29, 1.82) is 0 Å². The van der Waals surface area contributed by atoms with E-state index in [2.05, 4.69) is 20.7 Å². The Bertz CT molecular complexity index is 1370. The zero-order valence-electron chi connectivity index (χ0n) is 23.3. The maximum absolute atomic E-state index is 13.6. The van der Waals surface area contributed by atoms with Crippen LogP contribution in [-0.2, 0) is 22.3 Å². The molecule has 13 heteroatoms. The van der Waals surface area contributed by atoms with Crippen LogP contribution in [0.25, 0.3) is 10.9 Å². The maximum Gasteiger partial charge on any atom is 0.433 e. The van der Waals surface area contributed by atoms with Crippen LogP contribution in [-0.4, -0.2) is 57.5 Å². The first-order valence-corrected chi connectivity index (χ1v) is 13.7. The number of nitrogens with zero attached hydrogens (tertiary/aromatic N) is 4. The highest BCUT2D eigenvalue weighted by atomic mass is 35.5. The summed E-state index contributed by atoms with van der Waals surface area (Å²) in [4.78, 5) is 31.3. The highest BCUT2D eigenvalue weighted by Gasteiger charge is 2.35. The number of halogens is 4. The van der Waals surface area contributed by atoms with Crippen molar-refractivity contribution in [2.45, 2.75) is 82.9 Å². The third-order valence-electron chi connectivity index (χ3n) is 6.95. The number of amides is 2. The summed E-state index contributed by atoms with van der Waals surface area (Å²) in [6, 6.07) is 6.27. The summed E-state index contributed by atoms with van der Waals surface area (Å²) in [6.45, 7) is 5.32. The van der Waals surface area contributed by atoms with Crippen LogP contribution >= 0.6 is 11.6 Å². The van der Waals surface area contributed by atoms with Crippen molar-refractivity contribution in [3.63, 3.8) is 0 Å². The summed E-state index contributed by atoms with van der Waals surface area (Å²) >= 11 is 6.16. The molecule has 2 amide bonds. The van der Waals surface area contributed by atoms with Crippen LogP contribution in [0.3, 0.4) is 0 Å². The van der Waals surface area contributed by atoms with E-state index >= 15 is 0 Å². The topological polar surface area (TPSA) is 101 Å². The molecule has 222 valence electrons. The number of carbonyl (C=O) groups is 2. The van der Waals surface area contributed by atoms with Gasteiger partial charge in [0.25, 0.3) is 0 Å². The van der Waals surface area contributed by atoms with Gasteiger partial charge in [-0.3, -0.25) is 9.48 Å². The molecule has 1 atom stereocenters. The van der Waals surface area contributed by atoms with E-state index in [9.17, 15) is 22.8 Å². The van der Waals surface area contributed by atoms with Gasteiger partial charge in [0.15, 0.2) is 0 Å². The predicted octanol–water partition coefficient (Wildman–Crippen LogP) is 5.56. The number of fused-ring (bicyclic) bond motifs is 1. The molecule has 9 nitrogen and oxygen atoms in total. The lowest BCUT2D eigenvalue weighted by molar-refractivity contribution is -0.140. The molecular weight excluding hydrogens is 561 g/mol. The van der Waals surface area contributed by atoms with Crippen LogP contribution in [0.15, 0.2) is 42.7 Å². The molecule has 2 heterocycles. The predicted molar refractivity (Wildman–Crippen MR) is 150 cm³/mol. The van der Waals surface area contributed by atoms with Crippen molar-refractivity contribution >= 4 is 40.2 Å². The Labute approximate surface area is 241 Å². The minimum Gasteiger partial charge on any atom is -0.444 e. The molecular formula is C28H34ClF3N6O3. The zero-order valence-corrected chi connectivity index (χ0v) is 24.1. The number of aromatic nitrogens is 3. The van der Waals surface area contributed by atoms with Crippen molar-refractivity contribution in [2.24, 2.45) is 0 Å². The lowest BCUT2D eigenvalue weighted by Crippen LogP contribution is -2.53. The van der Waals surface area contributed by atoms with Crippen LogP contribution in [0, 0.1) is 0 Å². The molecule has 4 rings (SSSR count). The number of alkyl halides is 3. The molecule has 1 aliphatic carbocycles. The molecule has 2 N–H and O–H groups in total. The molecule has 0 spiro atoms. The number of carbonyl (C=O) groups excluding carboxylic acids is 2. The Morgan fingerprint density at radius 3 is 2.49 bits per heavy atom. The van der Waals surface area contributed by atoms with Gasteiger partial charge in [0.05, 0.1) is 12.1 Å². The Kier molecular flexibility index (Phi) is 9.00. The summed E-state index contributed by atoms with van der Waals surface area (Å²) in [7, 11) is 1.77. The Balaban J connectivity index is 1.43. The van der Waals surface area contributed by atoms with Crippen molar-refractivity contribution in [3.8, 4) is 0 Å². The molecule has 0 unspecified atom stereocenters. The highest BCUT2D eigenvalue weighted by Crippen LogP contribution is 2.37. The molecule has 0 aliphatic heterocycles. The summed E-state index contributed by atoms with van der Waals surface area (Å²) in [5.74, 6) is -0.368. The smallest absolute Gasteiger partial charge is 0.433 e. The largest absolute Gasteiger partial charge is 0.444 e. The van der Waals surface area contributed by atoms with Crippen LogP contribution in [0.5, 0.6) is 0 Å². The van der Waals surface area contributed by atoms with Gasteiger partial charge in [0.1, 0.15) is 17.3 Å². The lowest BCUT2D eigenvalue weighted by atomic mass is 9.89. The Hall–Kier alpha value is -3.54. The van der Waals surface area contributed by atoms with E-state index in [-0.39, 0.29) is 30.1 Å². The Morgan fingerprint density at radius 2 is 1.88 bits per heavy atom. The van der Waals surface area contributed by atoms with E-state index < -0.39 is 29.6 Å². The summed E-state index contributed by atoms with van der Waals surface area (Å²) < 4.78 is 47.7. The summed E-state index contributed by atoms with van der Waals surface area (Å²) in [6.07, 6.45) is 0.460. The number of ether oxygens (including phenoxy) is 1. The van der Waals surface area contributed by atoms with Gasteiger partial charge in [-0.05, 0) is 76.8 Å². The van der Waals surface area contributed by atoms with Gasteiger partial charge in [0.2, 0.25) is 5.91 Å². The second kappa shape index (κ2) is 12.1. The van der Waals surface area contributed by atoms with Gasteiger partial charge < -0.3 is 20.3 Å². The zero-order chi connectivity index (χ0) is 29.9. The first-order chi connectivity index (χ1) is 19.2. The van der Waals surface area contributed by atoms with Crippen LogP contribution in [0.1, 0.15) is 52.1 Å². The summed E-state index contributed by atoms with van der Waals surface area (Å²) in [5.41, 5.74) is -1.07. The fourth-order valence-corrected chi connectivity index (χ4v) is 5.13. The SMILES string of the molecule is CN(c1cc(C(F)(F)F)nc2ccc(Cl)cc12)[C@H]1CC[C@@H](NC(=O)[C@H](Cn2cccn2)NC(=O)OC(C)(C)C)CC1. The van der Waals surface area contributed by atoms with E-state index in [0.717, 1.165) is 6.07 Å². The minimum absolute atomic E-state index is 0.0615. The van der Waals surface area contributed by atoms with Gasteiger partial charge >= 0.3 is 12.3 Å². The average Bonchev–Trinajstić information content (AvgIpc) is 3.39. The highest BCUT2D eigenvalue weighted by molar-refractivity contribution is 6.31. The Morgan fingerprint density at radius 1 is 1.17 bits per heavy atom. The molecule has 41 heavy (non-hydrogen) atoms. The van der Waals surface area contributed by atoms with Crippen LogP contribution in [0.2, 0.25) is 5.02 Å². The van der Waals surface area contributed by atoms with E-state index in [1.807, 2.05) is 4.90 Å². The van der Waals surface area contributed by atoms with Crippen molar-refractivity contribution in [3.05, 3.63) is 53.4 Å². The van der Waals surface area contributed by atoms with Crippen LogP contribution < -0.4 is 15.5 Å². The fourth-order valence-electron chi connectivity index (χ4n) is 4.96. The first-order valence-electron chi connectivity index (χ1n) is 13.4. The number of pyridine rings is 1. The molecule has 1 aliphatic rings. The van der Waals surface area contributed by atoms with E-state index in [1.165, 1.54) is 12.1 Å². The third-order valence-corrected chi connectivity index (χ3v) is 7.18. The molecule has 1 saturated carbocycles. The van der Waals surface area contributed by atoms with Crippen molar-refractivity contribution < 1.29 is 27.5 Å². The lowest BCUT2D eigenvalue weighted by Gasteiger charge is -2.37. The number of hydrogen-bond donors (Lipinski definition) is 2. The normalized spacial score (nSPS) is 18.5. The van der Waals surface area contributed by atoms with E-state index in [4.69, 9.17) is 16.3 Å². The van der Waals surface area contributed by atoms with Crippen molar-refractivity contribution in [2.75, 3.05) is 11.9 Å². The number of alkyl carbamates (subject to hydrolysis) is 1. The van der Waals surface area contributed by atoms with Gasteiger partial charge in [-0.1, -0.05) is 11.6 Å². The first kappa shape index (κ1) is 30.4. The molecule has 0 bridgehead atoms. The standard InChI is InChI=1S/C28H34ClF3N6O3/c1-27(2,3)41-26(40)36-22(16-38-13-5-12-33-38)25(39)34-18-7-9-19(10-8-18)37(4)23-15-24(28(30,31)32)35-21-11-6-17(29)14-20(21)23/h5-6,11-15,18-19,22H,7-10,16H2,1-4H3,(H,34,39)(H,36,40)/t18-,19+,22-/m0/s1. The third kappa shape index (κ3) is 8.02. The van der Waals surface area contributed by atoms with E-state index in [0.29, 0.717) is 41.8 Å². The number of anilines is 1. The second-order valence-electron chi connectivity index (χ2n) is 11.2. The molecule has 0 saturated heterocycles. The second-order valence-corrected chi connectivity index (χ2v) is 11.7. The molecule has 1 aromatic carbocycles. The molecule has 2 aromatic heterocycles. The number of rotatable bonds is 7. The number of hydrogen-bond acceptors (Lipinski definition) is 6. The maximum atomic E-state index is 13.6. The molecule has 0 radical (unpaired) electrons. The average molecular weight is 595 g/mol. The fraction of sp³-hybridized carbons (Fsp3) is 0.500. The van der Waals surface area contributed by atoms with Crippen molar-refractivity contribution in [1.82, 2.24) is 25.4 Å². The van der Waals surface area contributed by atoms with Crippen LogP contribution in [0.4, 0.5) is 23.7 Å². The van der Waals surface area contributed by atoms with Gasteiger partial charge in [-0.2, -0.15) is 18.3 Å². The number of benzene rings is 1. The molecule has 1 fully saturated rings.